The average Bonchev–Trinajstić information content (AvgIpc) is 3.38. The Bertz CT molecular complexity index is 1030. The number of morpholine rings is 1. The molecule has 12 heteroatoms. The Morgan fingerprint density at radius 1 is 1.13 bits per heavy atom. The smallest absolute Gasteiger partial charge is 0.380 e. The van der Waals surface area contributed by atoms with Gasteiger partial charge in [0.05, 0.1) is 34.8 Å². The Morgan fingerprint density at radius 2 is 1.87 bits per heavy atom. The average molecular weight is 464 g/mol. The largest absolute Gasteiger partial charge is 0.434 e. The molecule has 0 amide bonds. The number of hydrogen-bond donors (Lipinski definition) is 1. The van der Waals surface area contributed by atoms with Crippen LogP contribution in [0.4, 0.5) is 24.0 Å². The molecule has 0 spiro atoms. The standard InChI is InChI=1S/C18H20F3N3O4S2/c19-18(20,21)16-15(29-17(22)23-16)11-7-12(24-2-5-27-6-3-24)9-14(8-11)30(25,26)13-1-4-28-10-13/h7-9,13H,1-6,10H2,(H2,22,23)/t13-/m0/s1. The summed E-state index contributed by atoms with van der Waals surface area (Å²) in [5.74, 6) is 0. The fourth-order valence-electron chi connectivity index (χ4n) is 3.56. The van der Waals surface area contributed by atoms with Crippen molar-refractivity contribution in [3.8, 4) is 10.4 Å². The summed E-state index contributed by atoms with van der Waals surface area (Å²) in [6, 6.07) is 4.34. The third-order valence-electron chi connectivity index (χ3n) is 5.10. The number of nitrogens with two attached hydrogens (primary N) is 1. The van der Waals surface area contributed by atoms with Crippen LogP contribution >= 0.6 is 11.3 Å². The number of thiazole rings is 1. The highest BCUT2D eigenvalue weighted by atomic mass is 32.2. The number of alkyl halides is 3. The third-order valence-corrected chi connectivity index (χ3v) is 8.17. The summed E-state index contributed by atoms with van der Waals surface area (Å²) in [7, 11) is -3.78. The summed E-state index contributed by atoms with van der Waals surface area (Å²) in [5, 5.41) is -0.957. The van der Waals surface area contributed by atoms with Gasteiger partial charge >= 0.3 is 6.18 Å². The predicted octanol–water partition coefficient (Wildman–Crippen LogP) is 2.81. The summed E-state index contributed by atoms with van der Waals surface area (Å²) in [6.07, 6.45) is -4.36. The predicted molar refractivity (Wildman–Crippen MR) is 106 cm³/mol. The third kappa shape index (κ3) is 4.13. The van der Waals surface area contributed by atoms with E-state index >= 15 is 0 Å². The second-order valence-electron chi connectivity index (χ2n) is 7.07. The molecule has 7 nitrogen and oxygen atoms in total. The molecule has 0 unspecified atom stereocenters. The first-order chi connectivity index (χ1) is 14.2. The molecule has 2 aliphatic rings. The summed E-state index contributed by atoms with van der Waals surface area (Å²) in [4.78, 5) is 5.11. The number of ether oxygens (including phenoxy) is 2. The van der Waals surface area contributed by atoms with E-state index in [0.29, 0.717) is 56.4 Å². The van der Waals surface area contributed by atoms with Gasteiger partial charge in [-0.05, 0) is 30.2 Å². The van der Waals surface area contributed by atoms with E-state index in [1.54, 1.807) is 6.07 Å². The van der Waals surface area contributed by atoms with E-state index in [2.05, 4.69) is 4.98 Å². The number of nitrogen functional groups attached to an aromatic ring is 1. The number of nitrogens with zero attached hydrogens (tertiary/aromatic N) is 2. The van der Waals surface area contributed by atoms with Crippen LogP contribution in [0.25, 0.3) is 10.4 Å². The van der Waals surface area contributed by atoms with Gasteiger partial charge in [-0.1, -0.05) is 11.3 Å². The first kappa shape index (κ1) is 21.3. The summed E-state index contributed by atoms with van der Waals surface area (Å²) in [6.45, 7) is 2.32. The normalized spacial score (nSPS) is 20.6. The van der Waals surface area contributed by atoms with Crippen molar-refractivity contribution >= 4 is 32.0 Å². The lowest BCUT2D eigenvalue weighted by molar-refractivity contribution is -0.140. The highest BCUT2D eigenvalue weighted by Crippen LogP contribution is 2.43. The Kier molecular flexibility index (Phi) is 5.68. The lowest BCUT2D eigenvalue weighted by atomic mass is 10.1. The van der Waals surface area contributed by atoms with Crippen molar-refractivity contribution in [2.45, 2.75) is 22.7 Å². The van der Waals surface area contributed by atoms with Crippen molar-refractivity contribution in [2.24, 2.45) is 0 Å². The molecule has 1 atom stereocenters. The Labute approximate surface area is 175 Å². The van der Waals surface area contributed by atoms with Gasteiger partial charge in [-0.25, -0.2) is 13.4 Å². The molecule has 3 heterocycles. The van der Waals surface area contributed by atoms with Crippen LogP contribution in [0.5, 0.6) is 0 Å². The summed E-state index contributed by atoms with van der Waals surface area (Å²) < 4.78 is 77.4. The Hall–Kier alpha value is -1.89. The van der Waals surface area contributed by atoms with E-state index in [1.807, 2.05) is 4.90 Å². The molecule has 2 aromatic rings. The van der Waals surface area contributed by atoms with Crippen molar-refractivity contribution in [1.82, 2.24) is 4.98 Å². The van der Waals surface area contributed by atoms with Crippen LogP contribution in [0.2, 0.25) is 0 Å². The van der Waals surface area contributed by atoms with Crippen molar-refractivity contribution in [3.05, 3.63) is 23.9 Å². The zero-order valence-electron chi connectivity index (χ0n) is 15.8. The maximum absolute atomic E-state index is 13.5. The van der Waals surface area contributed by atoms with Crippen molar-refractivity contribution in [3.63, 3.8) is 0 Å². The maximum Gasteiger partial charge on any atom is 0.434 e. The van der Waals surface area contributed by atoms with Crippen LogP contribution in [0, 0.1) is 0 Å². The Balaban J connectivity index is 1.87. The van der Waals surface area contributed by atoms with Crippen LogP contribution in [0.15, 0.2) is 23.1 Å². The fourth-order valence-corrected chi connectivity index (χ4v) is 6.04. The lowest BCUT2D eigenvalue weighted by Gasteiger charge is -2.29. The first-order valence-electron chi connectivity index (χ1n) is 9.29. The molecule has 2 aliphatic heterocycles. The topological polar surface area (TPSA) is 94.7 Å². The van der Waals surface area contributed by atoms with E-state index in [9.17, 15) is 21.6 Å². The van der Waals surface area contributed by atoms with Gasteiger partial charge in [-0.2, -0.15) is 13.2 Å². The molecule has 2 fully saturated rings. The van der Waals surface area contributed by atoms with Gasteiger partial charge < -0.3 is 20.1 Å². The van der Waals surface area contributed by atoms with Crippen LogP contribution in [0.1, 0.15) is 12.1 Å². The minimum absolute atomic E-state index is 0.0305. The quantitative estimate of drug-likeness (QED) is 0.745. The van der Waals surface area contributed by atoms with Crippen LogP contribution in [-0.2, 0) is 25.5 Å². The summed E-state index contributed by atoms with van der Waals surface area (Å²) >= 11 is 0.685. The van der Waals surface area contributed by atoms with Gasteiger partial charge in [0.1, 0.15) is 0 Å². The van der Waals surface area contributed by atoms with Gasteiger partial charge in [0.2, 0.25) is 0 Å². The number of halogens is 3. The maximum atomic E-state index is 13.5. The molecule has 0 aliphatic carbocycles. The molecular formula is C18H20F3N3O4S2. The number of sulfone groups is 1. The van der Waals surface area contributed by atoms with Crippen molar-refractivity contribution in [1.29, 1.82) is 0 Å². The number of rotatable bonds is 4. The van der Waals surface area contributed by atoms with Gasteiger partial charge in [0, 0.05) is 25.4 Å². The molecule has 0 saturated carbocycles. The first-order valence-corrected chi connectivity index (χ1v) is 11.7. The van der Waals surface area contributed by atoms with Gasteiger partial charge in [0.25, 0.3) is 0 Å². The molecule has 30 heavy (non-hydrogen) atoms. The lowest BCUT2D eigenvalue weighted by Crippen LogP contribution is -2.36. The molecule has 2 saturated heterocycles. The number of benzene rings is 1. The molecule has 1 aromatic heterocycles. The SMILES string of the molecule is Nc1nc(C(F)(F)F)c(-c2cc(N3CCOCC3)cc(S(=O)(=O)[C@H]3CCOC3)c2)s1. The molecule has 0 bridgehead atoms. The van der Waals surface area contributed by atoms with E-state index in [1.165, 1.54) is 12.1 Å². The monoisotopic (exact) mass is 463 g/mol. The number of hydrogen-bond acceptors (Lipinski definition) is 8. The zero-order chi connectivity index (χ0) is 21.5. The van der Waals surface area contributed by atoms with E-state index < -0.39 is 27.0 Å². The van der Waals surface area contributed by atoms with E-state index in [4.69, 9.17) is 15.2 Å². The second-order valence-corrected chi connectivity index (χ2v) is 10.3. The van der Waals surface area contributed by atoms with E-state index in [-0.39, 0.29) is 27.1 Å². The van der Waals surface area contributed by atoms with Gasteiger partial charge in [-0.3, -0.25) is 0 Å². The molecule has 0 radical (unpaired) electrons. The fraction of sp³-hybridized carbons (Fsp3) is 0.500. The number of aromatic nitrogens is 1. The summed E-state index contributed by atoms with van der Waals surface area (Å²) in [5.41, 5.74) is 5.09. The highest BCUT2D eigenvalue weighted by Gasteiger charge is 2.38. The van der Waals surface area contributed by atoms with Gasteiger partial charge in [0.15, 0.2) is 20.7 Å². The van der Waals surface area contributed by atoms with E-state index in [0.717, 1.165) is 0 Å². The van der Waals surface area contributed by atoms with Crippen LogP contribution in [-0.4, -0.2) is 58.2 Å². The van der Waals surface area contributed by atoms with Crippen molar-refractivity contribution < 1.29 is 31.1 Å². The van der Waals surface area contributed by atoms with Gasteiger partial charge in [-0.15, -0.1) is 0 Å². The Morgan fingerprint density at radius 3 is 2.50 bits per heavy atom. The van der Waals surface area contributed by atoms with Crippen molar-refractivity contribution in [2.75, 3.05) is 50.2 Å². The second kappa shape index (κ2) is 7.98. The molecule has 2 N–H and O–H groups in total. The number of anilines is 2. The minimum atomic E-state index is -4.71. The van der Waals surface area contributed by atoms with Crippen LogP contribution < -0.4 is 10.6 Å². The zero-order valence-corrected chi connectivity index (χ0v) is 17.4. The molecular weight excluding hydrogens is 443 g/mol. The molecule has 1 aromatic carbocycles. The van der Waals surface area contributed by atoms with Crippen LogP contribution in [0.3, 0.4) is 0 Å². The molecule has 4 rings (SSSR count). The molecule has 164 valence electrons. The highest BCUT2D eigenvalue weighted by molar-refractivity contribution is 7.92. The minimum Gasteiger partial charge on any atom is -0.380 e.